The maximum Gasteiger partial charge on any atom is 0.287 e. The summed E-state index contributed by atoms with van der Waals surface area (Å²) in [5, 5.41) is 10.2. The molecule has 0 saturated heterocycles. The number of amides is 3. The number of Topliss-reactive ketones (excluding diaryl/α,β-unsaturated/α-hetero) is 1. The van der Waals surface area contributed by atoms with Crippen LogP contribution in [-0.4, -0.2) is 59.1 Å². The monoisotopic (exact) mass is 581 g/mol. The fourth-order valence-electron chi connectivity index (χ4n) is 4.01. The van der Waals surface area contributed by atoms with Gasteiger partial charge >= 0.3 is 0 Å². The number of thiazole rings is 1. The van der Waals surface area contributed by atoms with Crippen LogP contribution in [0, 0.1) is 5.92 Å². The normalized spacial score (nSPS) is 13.0. The second-order valence-electron chi connectivity index (χ2n) is 9.63. The number of nitrogens with two attached hydrogens (primary N) is 2. The molecule has 3 rings (SSSR count). The van der Waals surface area contributed by atoms with Gasteiger partial charge < -0.3 is 31.8 Å². The summed E-state index contributed by atoms with van der Waals surface area (Å²) in [4.78, 5) is 60.8. The predicted molar refractivity (Wildman–Crippen MR) is 155 cm³/mol. The van der Waals surface area contributed by atoms with Gasteiger partial charge in [-0.2, -0.15) is 0 Å². The molecule has 2 heterocycles. The van der Waals surface area contributed by atoms with Crippen molar-refractivity contribution < 1.29 is 23.6 Å². The zero-order valence-corrected chi connectivity index (χ0v) is 23.7. The fraction of sp³-hybridized carbons (Fsp3) is 0.357. The van der Waals surface area contributed by atoms with Crippen molar-refractivity contribution in [2.75, 3.05) is 6.54 Å². The molecule has 0 unspecified atom stereocenters. The van der Waals surface area contributed by atoms with Gasteiger partial charge in [-0.1, -0.05) is 44.2 Å². The molecule has 2 aromatic heterocycles. The summed E-state index contributed by atoms with van der Waals surface area (Å²) >= 11 is 1.17. The molecule has 3 amide bonds. The summed E-state index contributed by atoms with van der Waals surface area (Å²) < 4.78 is 5.17. The van der Waals surface area contributed by atoms with Crippen LogP contribution in [0.4, 0.5) is 0 Å². The lowest BCUT2D eigenvalue weighted by Gasteiger charge is -2.27. The van der Waals surface area contributed by atoms with E-state index >= 15 is 0 Å². The highest BCUT2D eigenvalue weighted by atomic mass is 32.1. The summed E-state index contributed by atoms with van der Waals surface area (Å²) in [6.07, 6.45) is 3.74. The van der Waals surface area contributed by atoms with Crippen molar-refractivity contribution in [3.05, 3.63) is 76.6 Å². The Labute approximate surface area is 242 Å². The highest BCUT2D eigenvalue weighted by molar-refractivity contribution is 7.11. The molecule has 0 aliphatic heterocycles. The molecule has 3 atom stereocenters. The second kappa shape index (κ2) is 15.3. The van der Waals surface area contributed by atoms with Crippen LogP contribution in [0.25, 0.3) is 0 Å². The van der Waals surface area contributed by atoms with E-state index in [9.17, 15) is 19.2 Å². The molecule has 3 aromatic rings. The molecule has 0 saturated carbocycles. The van der Waals surface area contributed by atoms with Gasteiger partial charge in [-0.05, 0) is 36.5 Å². The molecule has 218 valence electrons. The zero-order valence-electron chi connectivity index (χ0n) is 22.9. The Morgan fingerprint density at radius 3 is 2.34 bits per heavy atom. The molecule has 41 heavy (non-hydrogen) atoms. The lowest BCUT2D eigenvalue weighted by Crippen LogP contribution is -2.57. The van der Waals surface area contributed by atoms with Crippen LogP contribution in [0.1, 0.15) is 52.6 Å². The number of hydrogen-bond acceptors (Lipinski definition) is 8. The summed E-state index contributed by atoms with van der Waals surface area (Å²) in [5.41, 5.74) is 11.6. The maximum absolute atomic E-state index is 13.5. The SMILES string of the molecule is CC(C)[C@H](NC(=O)[C@H](Cc1ccccc1)NC(=O)c1ccco1)C(=O)N[C@@H](CCCN=C(N)N)C(=O)c1nccs1. The summed E-state index contributed by atoms with van der Waals surface area (Å²) in [6, 6.07) is 9.34. The number of nitrogens with zero attached hydrogens (tertiary/aromatic N) is 2. The van der Waals surface area contributed by atoms with E-state index in [0.717, 1.165) is 5.56 Å². The number of hydrogen-bond donors (Lipinski definition) is 5. The van der Waals surface area contributed by atoms with E-state index in [1.807, 2.05) is 30.3 Å². The van der Waals surface area contributed by atoms with Crippen molar-refractivity contribution in [2.45, 2.75) is 51.2 Å². The van der Waals surface area contributed by atoms with E-state index in [1.165, 1.54) is 29.9 Å². The Kier molecular flexibility index (Phi) is 11.6. The minimum atomic E-state index is -1.00. The van der Waals surface area contributed by atoms with Crippen LogP contribution in [0.3, 0.4) is 0 Å². The molecule has 0 radical (unpaired) electrons. The number of aliphatic imine (C=N–C) groups is 1. The van der Waals surface area contributed by atoms with Gasteiger partial charge in [0.25, 0.3) is 5.91 Å². The second-order valence-corrected chi connectivity index (χ2v) is 10.5. The van der Waals surface area contributed by atoms with Gasteiger partial charge in [-0.15, -0.1) is 11.3 Å². The molecule has 0 aliphatic rings. The number of nitrogens with one attached hydrogen (secondary N) is 3. The Bertz CT molecular complexity index is 1310. The number of ketones is 1. The van der Waals surface area contributed by atoms with Crippen LogP contribution in [-0.2, 0) is 16.0 Å². The first-order chi connectivity index (χ1) is 19.7. The van der Waals surface area contributed by atoms with Crippen molar-refractivity contribution >= 4 is 40.8 Å². The van der Waals surface area contributed by atoms with Crippen molar-refractivity contribution in [1.82, 2.24) is 20.9 Å². The van der Waals surface area contributed by atoms with Crippen LogP contribution >= 0.6 is 11.3 Å². The van der Waals surface area contributed by atoms with E-state index in [-0.39, 0.29) is 47.8 Å². The molecular weight excluding hydrogens is 546 g/mol. The third-order valence-corrected chi connectivity index (χ3v) is 6.91. The summed E-state index contributed by atoms with van der Waals surface area (Å²) in [5.74, 6) is -2.36. The quantitative estimate of drug-likeness (QED) is 0.0773. The number of benzene rings is 1. The first kappa shape index (κ1) is 31.0. The largest absolute Gasteiger partial charge is 0.459 e. The Balaban J connectivity index is 1.76. The Hall–Kier alpha value is -4.52. The van der Waals surface area contributed by atoms with Gasteiger partial charge in [-0.25, -0.2) is 4.98 Å². The topological polar surface area (TPSA) is 195 Å². The number of rotatable bonds is 15. The number of guanidine groups is 1. The fourth-order valence-corrected chi connectivity index (χ4v) is 4.64. The van der Waals surface area contributed by atoms with Gasteiger partial charge in [0.15, 0.2) is 16.7 Å². The highest BCUT2D eigenvalue weighted by Gasteiger charge is 2.32. The van der Waals surface area contributed by atoms with Gasteiger partial charge in [0, 0.05) is 24.5 Å². The highest BCUT2D eigenvalue weighted by Crippen LogP contribution is 2.13. The minimum Gasteiger partial charge on any atom is -0.459 e. The maximum atomic E-state index is 13.5. The Morgan fingerprint density at radius 1 is 0.976 bits per heavy atom. The van der Waals surface area contributed by atoms with Crippen molar-refractivity contribution in [3.8, 4) is 0 Å². The third kappa shape index (κ3) is 9.57. The molecular formula is C28H35N7O5S. The lowest BCUT2D eigenvalue weighted by molar-refractivity contribution is -0.131. The van der Waals surface area contributed by atoms with Crippen LogP contribution in [0.15, 0.2) is 69.7 Å². The average molecular weight is 582 g/mol. The third-order valence-electron chi connectivity index (χ3n) is 6.12. The van der Waals surface area contributed by atoms with Crippen molar-refractivity contribution in [3.63, 3.8) is 0 Å². The van der Waals surface area contributed by atoms with Gasteiger partial charge in [0.2, 0.25) is 17.6 Å². The van der Waals surface area contributed by atoms with E-state index in [4.69, 9.17) is 15.9 Å². The summed E-state index contributed by atoms with van der Waals surface area (Å²) in [7, 11) is 0. The van der Waals surface area contributed by atoms with Crippen molar-refractivity contribution in [2.24, 2.45) is 22.4 Å². The summed E-state index contributed by atoms with van der Waals surface area (Å²) in [6.45, 7) is 3.82. The standard InChI is InChI=1S/C28H35N7O5S/c1-17(2)22(26(39)33-19(10-6-12-32-28(29)30)23(36)27-31-13-15-41-27)35-24(37)20(16-18-8-4-3-5-9-18)34-25(38)21-11-7-14-40-21/h3-5,7-9,11,13-15,17,19-20,22H,6,10,12,16H2,1-2H3,(H,33,39)(H,34,38)(H,35,37)(H4,29,30,32)/t19-,20-,22-/m0/s1. The number of carbonyl (C=O) groups excluding carboxylic acids is 4. The average Bonchev–Trinajstić information content (AvgIpc) is 3.68. The minimum absolute atomic E-state index is 0.0540. The molecule has 0 fully saturated rings. The number of carbonyl (C=O) groups is 4. The molecule has 13 heteroatoms. The van der Waals surface area contributed by atoms with Crippen molar-refractivity contribution in [1.29, 1.82) is 0 Å². The van der Waals surface area contributed by atoms with E-state index in [2.05, 4.69) is 25.9 Å². The van der Waals surface area contributed by atoms with E-state index in [1.54, 1.807) is 25.3 Å². The molecule has 12 nitrogen and oxygen atoms in total. The first-order valence-corrected chi connectivity index (χ1v) is 14.0. The first-order valence-electron chi connectivity index (χ1n) is 13.1. The lowest BCUT2D eigenvalue weighted by atomic mass is 9.99. The number of furan rings is 1. The molecule has 7 N–H and O–H groups in total. The molecule has 1 aromatic carbocycles. The molecule has 0 bridgehead atoms. The number of aromatic nitrogens is 1. The predicted octanol–water partition coefficient (Wildman–Crippen LogP) is 1.64. The van der Waals surface area contributed by atoms with Crippen LogP contribution in [0.5, 0.6) is 0 Å². The van der Waals surface area contributed by atoms with E-state index < -0.39 is 35.8 Å². The van der Waals surface area contributed by atoms with Crippen LogP contribution in [0.2, 0.25) is 0 Å². The van der Waals surface area contributed by atoms with Gasteiger partial charge in [-0.3, -0.25) is 24.2 Å². The smallest absolute Gasteiger partial charge is 0.287 e. The Morgan fingerprint density at radius 2 is 1.73 bits per heavy atom. The van der Waals surface area contributed by atoms with Gasteiger partial charge in [0.1, 0.15) is 12.1 Å². The van der Waals surface area contributed by atoms with Gasteiger partial charge in [0.05, 0.1) is 12.3 Å². The molecule has 0 spiro atoms. The zero-order chi connectivity index (χ0) is 29.8. The van der Waals surface area contributed by atoms with E-state index in [0.29, 0.717) is 6.42 Å². The molecule has 0 aliphatic carbocycles. The van der Waals surface area contributed by atoms with Crippen LogP contribution < -0.4 is 27.4 Å².